The maximum absolute atomic E-state index is 5.41. The lowest BCUT2D eigenvalue weighted by Gasteiger charge is -2.18. The zero-order valence-corrected chi connectivity index (χ0v) is 12.3. The molecule has 0 amide bonds. The van der Waals surface area contributed by atoms with Crippen molar-refractivity contribution in [3.05, 3.63) is 53.7 Å². The SMILES string of the molecule is CCNCc1cccc(CN(CC)Cc2ccco2)n1. The van der Waals surface area contributed by atoms with Crippen molar-refractivity contribution >= 4 is 0 Å². The molecule has 0 saturated heterocycles. The van der Waals surface area contributed by atoms with Gasteiger partial charge in [0.15, 0.2) is 0 Å². The number of furan rings is 1. The molecule has 0 bridgehead atoms. The highest BCUT2D eigenvalue weighted by molar-refractivity contribution is 5.11. The summed E-state index contributed by atoms with van der Waals surface area (Å²) in [5.74, 6) is 0.996. The van der Waals surface area contributed by atoms with Crippen LogP contribution in [0.25, 0.3) is 0 Å². The highest BCUT2D eigenvalue weighted by Crippen LogP contribution is 2.09. The van der Waals surface area contributed by atoms with Crippen molar-refractivity contribution in [3.8, 4) is 0 Å². The maximum atomic E-state index is 5.41. The molecule has 20 heavy (non-hydrogen) atoms. The van der Waals surface area contributed by atoms with E-state index in [9.17, 15) is 0 Å². The number of nitrogens with one attached hydrogen (secondary N) is 1. The van der Waals surface area contributed by atoms with E-state index in [4.69, 9.17) is 9.40 Å². The van der Waals surface area contributed by atoms with Gasteiger partial charge >= 0.3 is 0 Å². The van der Waals surface area contributed by atoms with Gasteiger partial charge in [0.2, 0.25) is 0 Å². The van der Waals surface area contributed by atoms with Crippen LogP contribution in [0.3, 0.4) is 0 Å². The Balaban J connectivity index is 1.96. The molecule has 0 aromatic carbocycles. The van der Waals surface area contributed by atoms with Gasteiger partial charge in [-0.3, -0.25) is 9.88 Å². The molecule has 0 aliphatic rings. The molecule has 0 radical (unpaired) electrons. The number of rotatable bonds is 8. The molecule has 4 nitrogen and oxygen atoms in total. The van der Waals surface area contributed by atoms with Crippen LogP contribution in [0, 0.1) is 0 Å². The minimum absolute atomic E-state index is 0.822. The van der Waals surface area contributed by atoms with Crippen LogP contribution >= 0.6 is 0 Å². The fraction of sp³-hybridized carbons (Fsp3) is 0.438. The first kappa shape index (κ1) is 14.8. The van der Waals surface area contributed by atoms with Crippen LogP contribution in [0.2, 0.25) is 0 Å². The molecular formula is C16H23N3O. The number of nitrogens with zero attached hydrogens (tertiary/aromatic N) is 2. The third kappa shape index (κ3) is 4.47. The van der Waals surface area contributed by atoms with Crippen molar-refractivity contribution in [2.45, 2.75) is 33.5 Å². The zero-order valence-electron chi connectivity index (χ0n) is 12.3. The van der Waals surface area contributed by atoms with Crippen molar-refractivity contribution in [1.29, 1.82) is 0 Å². The first-order valence-corrected chi connectivity index (χ1v) is 7.22. The van der Waals surface area contributed by atoms with E-state index in [2.05, 4.69) is 42.3 Å². The Kier molecular flexibility index (Phi) is 5.77. The topological polar surface area (TPSA) is 41.3 Å². The van der Waals surface area contributed by atoms with Crippen LogP contribution in [0.1, 0.15) is 31.0 Å². The Morgan fingerprint density at radius 1 is 1.10 bits per heavy atom. The van der Waals surface area contributed by atoms with Crippen LogP contribution < -0.4 is 5.32 Å². The molecule has 4 heteroatoms. The van der Waals surface area contributed by atoms with Crippen molar-refractivity contribution in [3.63, 3.8) is 0 Å². The normalized spacial score (nSPS) is 11.2. The summed E-state index contributed by atoms with van der Waals surface area (Å²) in [6.45, 7) is 8.69. The molecule has 2 aromatic heterocycles. The van der Waals surface area contributed by atoms with Crippen molar-refractivity contribution < 1.29 is 4.42 Å². The molecule has 1 N–H and O–H groups in total. The lowest BCUT2D eigenvalue weighted by molar-refractivity contribution is 0.245. The summed E-state index contributed by atoms with van der Waals surface area (Å²) in [4.78, 5) is 7.01. The maximum Gasteiger partial charge on any atom is 0.117 e. The summed E-state index contributed by atoms with van der Waals surface area (Å²) in [5.41, 5.74) is 2.20. The van der Waals surface area contributed by atoms with Gasteiger partial charge in [-0.1, -0.05) is 19.9 Å². The fourth-order valence-corrected chi connectivity index (χ4v) is 2.10. The molecular weight excluding hydrogens is 250 g/mol. The molecule has 0 aliphatic carbocycles. The average molecular weight is 273 g/mol. The Bertz CT molecular complexity index is 496. The van der Waals surface area contributed by atoms with Crippen LogP contribution in [0.15, 0.2) is 41.0 Å². The summed E-state index contributed by atoms with van der Waals surface area (Å²) < 4.78 is 5.41. The van der Waals surface area contributed by atoms with Gasteiger partial charge in [0.25, 0.3) is 0 Å². The highest BCUT2D eigenvalue weighted by Gasteiger charge is 2.08. The van der Waals surface area contributed by atoms with Crippen molar-refractivity contribution in [2.75, 3.05) is 13.1 Å². The van der Waals surface area contributed by atoms with Gasteiger partial charge in [0.1, 0.15) is 5.76 Å². The Morgan fingerprint density at radius 3 is 2.65 bits per heavy atom. The van der Waals surface area contributed by atoms with E-state index < -0.39 is 0 Å². The molecule has 0 spiro atoms. The van der Waals surface area contributed by atoms with E-state index in [0.717, 1.165) is 49.9 Å². The van der Waals surface area contributed by atoms with E-state index in [1.54, 1.807) is 6.26 Å². The number of pyridine rings is 1. The second-order valence-corrected chi connectivity index (χ2v) is 4.78. The first-order valence-electron chi connectivity index (χ1n) is 7.22. The van der Waals surface area contributed by atoms with Gasteiger partial charge in [0.05, 0.1) is 24.2 Å². The van der Waals surface area contributed by atoms with Crippen molar-refractivity contribution in [1.82, 2.24) is 15.2 Å². The Morgan fingerprint density at radius 2 is 1.95 bits per heavy atom. The van der Waals surface area contributed by atoms with E-state index in [-0.39, 0.29) is 0 Å². The van der Waals surface area contributed by atoms with Gasteiger partial charge in [-0.15, -0.1) is 0 Å². The van der Waals surface area contributed by atoms with Crippen LogP contribution in [0.4, 0.5) is 0 Å². The summed E-state index contributed by atoms with van der Waals surface area (Å²) in [6, 6.07) is 10.2. The Hall–Kier alpha value is -1.65. The lowest BCUT2D eigenvalue weighted by Crippen LogP contribution is -2.23. The molecule has 108 valence electrons. The predicted molar refractivity (Wildman–Crippen MR) is 80.1 cm³/mol. The predicted octanol–water partition coefficient (Wildman–Crippen LogP) is 2.81. The standard InChI is InChI=1S/C16H23N3O/c1-3-17-11-14-7-5-8-15(18-14)12-19(4-2)13-16-9-6-10-20-16/h5-10,17H,3-4,11-13H2,1-2H3. The zero-order chi connectivity index (χ0) is 14.2. The third-order valence-electron chi connectivity index (χ3n) is 3.21. The molecule has 2 aromatic rings. The molecule has 2 rings (SSSR count). The quantitative estimate of drug-likeness (QED) is 0.803. The van der Waals surface area contributed by atoms with Gasteiger partial charge in [0, 0.05) is 13.1 Å². The molecule has 0 fully saturated rings. The second-order valence-electron chi connectivity index (χ2n) is 4.78. The van der Waals surface area contributed by atoms with E-state index in [1.165, 1.54) is 0 Å². The average Bonchev–Trinajstić information content (AvgIpc) is 2.98. The van der Waals surface area contributed by atoms with Gasteiger partial charge in [-0.2, -0.15) is 0 Å². The number of hydrogen-bond donors (Lipinski definition) is 1. The Labute approximate surface area is 120 Å². The summed E-state index contributed by atoms with van der Waals surface area (Å²) in [7, 11) is 0. The summed E-state index contributed by atoms with van der Waals surface area (Å²) >= 11 is 0. The molecule has 0 unspecified atom stereocenters. The van der Waals surface area contributed by atoms with E-state index in [0.29, 0.717) is 0 Å². The van der Waals surface area contributed by atoms with Gasteiger partial charge < -0.3 is 9.73 Å². The molecule has 0 saturated carbocycles. The lowest BCUT2D eigenvalue weighted by atomic mass is 10.2. The van der Waals surface area contributed by atoms with Crippen LogP contribution in [-0.4, -0.2) is 23.0 Å². The number of aromatic nitrogens is 1. The van der Waals surface area contributed by atoms with Gasteiger partial charge in [-0.25, -0.2) is 0 Å². The van der Waals surface area contributed by atoms with Crippen LogP contribution in [-0.2, 0) is 19.6 Å². The van der Waals surface area contributed by atoms with E-state index in [1.807, 2.05) is 12.1 Å². The first-order chi connectivity index (χ1) is 9.81. The summed E-state index contributed by atoms with van der Waals surface area (Å²) in [6.07, 6.45) is 1.72. The van der Waals surface area contributed by atoms with Crippen molar-refractivity contribution in [2.24, 2.45) is 0 Å². The minimum Gasteiger partial charge on any atom is -0.468 e. The highest BCUT2D eigenvalue weighted by atomic mass is 16.3. The third-order valence-corrected chi connectivity index (χ3v) is 3.21. The molecule has 0 atom stereocenters. The number of hydrogen-bond acceptors (Lipinski definition) is 4. The fourth-order valence-electron chi connectivity index (χ4n) is 2.10. The van der Waals surface area contributed by atoms with Crippen LogP contribution in [0.5, 0.6) is 0 Å². The summed E-state index contributed by atoms with van der Waals surface area (Å²) in [5, 5.41) is 3.30. The van der Waals surface area contributed by atoms with Gasteiger partial charge in [-0.05, 0) is 37.4 Å². The largest absolute Gasteiger partial charge is 0.468 e. The molecule has 0 aliphatic heterocycles. The second kappa shape index (κ2) is 7.82. The smallest absolute Gasteiger partial charge is 0.117 e. The molecule has 2 heterocycles. The monoisotopic (exact) mass is 273 g/mol. The minimum atomic E-state index is 0.822. The van der Waals surface area contributed by atoms with E-state index >= 15 is 0 Å².